The van der Waals surface area contributed by atoms with Gasteiger partial charge in [-0.15, -0.1) is 22.7 Å². The van der Waals surface area contributed by atoms with Crippen molar-refractivity contribution in [3.63, 3.8) is 0 Å². The summed E-state index contributed by atoms with van der Waals surface area (Å²) in [7, 11) is 0. The molecule has 0 spiro atoms. The molecule has 1 N–H and O–H groups in total. The predicted octanol–water partition coefficient (Wildman–Crippen LogP) is 3.65. The number of hydrogen-bond donors (Lipinski definition) is 1. The highest BCUT2D eigenvalue weighted by Crippen LogP contribution is 2.36. The first-order valence-electron chi connectivity index (χ1n) is 5.94. The first kappa shape index (κ1) is 12.3. The summed E-state index contributed by atoms with van der Waals surface area (Å²) >= 11 is 4.73. The molecule has 100 valence electrons. The second kappa shape index (κ2) is 4.85. The predicted molar refractivity (Wildman–Crippen MR) is 82.7 cm³/mol. The summed E-state index contributed by atoms with van der Waals surface area (Å²) in [6.07, 6.45) is 1.93. The van der Waals surface area contributed by atoms with E-state index in [2.05, 4.69) is 16.0 Å². The summed E-state index contributed by atoms with van der Waals surface area (Å²) in [5, 5.41) is 12.4. The first-order valence-corrected chi connectivity index (χ1v) is 8.45. The van der Waals surface area contributed by atoms with E-state index in [1.165, 1.54) is 16.5 Å². The first-order chi connectivity index (χ1) is 9.85. The fourth-order valence-corrected chi connectivity index (χ4v) is 4.90. The second-order valence-electron chi connectivity index (χ2n) is 4.13. The van der Waals surface area contributed by atoms with Crippen molar-refractivity contribution in [2.75, 3.05) is 0 Å². The zero-order chi connectivity index (χ0) is 13.5. The quantitative estimate of drug-likeness (QED) is 0.626. The van der Waals surface area contributed by atoms with E-state index in [0.717, 1.165) is 25.5 Å². The highest BCUT2D eigenvalue weighted by atomic mass is 32.2. The van der Waals surface area contributed by atoms with Crippen LogP contribution >= 0.6 is 34.4 Å². The number of hydrogen-bond acceptors (Lipinski definition) is 6. The van der Waals surface area contributed by atoms with Gasteiger partial charge in [-0.2, -0.15) is 0 Å². The number of benzene rings is 1. The minimum atomic E-state index is -0.0227. The molecule has 0 saturated carbocycles. The maximum Gasteiger partial charge on any atom is 0.195 e. The van der Waals surface area contributed by atoms with Crippen LogP contribution in [0.1, 0.15) is 5.69 Å². The van der Waals surface area contributed by atoms with Crippen LogP contribution in [0.5, 0.6) is 0 Å². The molecule has 7 heteroatoms. The zero-order valence-electron chi connectivity index (χ0n) is 10.2. The highest BCUT2D eigenvalue weighted by molar-refractivity contribution is 8.01. The minimum Gasteiger partial charge on any atom is -0.390 e. The fraction of sp³-hybridized carbons (Fsp3) is 0.0769. The van der Waals surface area contributed by atoms with E-state index in [4.69, 9.17) is 0 Å². The van der Waals surface area contributed by atoms with Crippen molar-refractivity contribution in [3.8, 4) is 0 Å². The van der Waals surface area contributed by atoms with E-state index >= 15 is 0 Å². The number of imidazole rings is 1. The molecule has 0 amide bonds. The molecule has 4 rings (SSSR count). The normalized spacial score (nSPS) is 11.7. The van der Waals surface area contributed by atoms with Crippen molar-refractivity contribution < 1.29 is 5.11 Å². The molecular weight excluding hydrogens is 310 g/mol. The number of fused-ring (bicyclic) bond motifs is 2. The van der Waals surface area contributed by atoms with Crippen LogP contribution < -0.4 is 0 Å². The van der Waals surface area contributed by atoms with Gasteiger partial charge in [-0.1, -0.05) is 12.1 Å². The summed E-state index contributed by atoms with van der Waals surface area (Å²) in [6.45, 7) is -0.0227. The molecule has 0 aliphatic carbocycles. The molecule has 0 unspecified atom stereocenters. The van der Waals surface area contributed by atoms with E-state index in [0.29, 0.717) is 0 Å². The maximum atomic E-state index is 9.55. The van der Waals surface area contributed by atoms with Gasteiger partial charge in [0.25, 0.3) is 0 Å². The van der Waals surface area contributed by atoms with Gasteiger partial charge in [0.2, 0.25) is 0 Å². The molecule has 3 heterocycles. The smallest absolute Gasteiger partial charge is 0.195 e. The Bertz CT molecular complexity index is 860. The lowest BCUT2D eigenvalue weighted by Crippen LogP contribution is -1.90. The van der Waals surface area contributed by atoms with Crippen LogP contribution in [-0.2, 0) is 6.61 Å². The van der Waals surface area contributed by atoms with Crippen molar-refractivity contribution in [3.05, 3.63) is 41.5 Å². The number of aliphatic hydroxyl groups excluding tert-OH is 1. The third kappa shape index (κ3) is 1.94. The van der Waals surface area contributed by atoms with Crippen LogP contribution in [0.15, 0.2) is 45.2 Å². The Morgan fingerprint density at radius 3 is 3.00 bits per heavy atom. The van der Waals surface area contributed by atoms with Crippen LogP contribution in [0.4, 0.5) is 0 Å². The third-order valence-electron chi connectivity index (χ3n) is 2.93. The summed E-state index contributed by atoms with van der Waals surface area (Å²) in [6, 6.07) is 8.08. The number of nitrogens with zero attached hydrogens (tertiary/aromatic N) is 3. The summed E-state index contributed by atoms with van der Waals surface area (Å²) in [4.78, 5) is 10.1. The van der Waals surface area contributed by atoms with E-state index in [1.807, 2.05) is 34.2 Å². The van der Waals surface area contributed by atoms with Crippen LogP contribution in [-0.4, -0.2) is 19.5 Å². The average Bonchev–Trinajstić information content (AvgIpc) is 3.11. The number of aromatic nitrogens is 3. The van der Waals surface area contributed by atoms with Crippen molar-refractivity contribution >= 4 is 49.6 Å². The van der Waals surface area contributed by atoms with Crippen molar-refractivity contribution in [2.24, 2.45) is 0 Å². The SMILES string of the molecule is OCc1c(Sc2nc3ccccc3s2)nc2sccn12. The van der Waals surface area contributed by atoms with E-state index in [9.17, 15) is 5.11 Å². The zero-order valence-corrected chi connectivity index (χ0v) is 12.6. The van der Waals surface area contributed by atoms with Crippen molar-refractivity contribution in [2.45, 2.75) is 16.0 Å². The molecule has 3 aromatic heterocycles. The molecule has 0 aliphatic heterocycles. The Balaban J connectivity index is 1.77. The largest absolute Gasteiger partial charge is 0.390 e. The summed E-state index contributed by atoms with van der Waals surface area (Å²) in [5.74, 6) is 0. The molecule has 0 aliphatic rings. The average molecular weight is 319 g/mol. The monoisotopic (exact) mass is 319 g/mol. The van der Waals surface area contributed by atoms with Crippen LogP contribution in [0, 0.1) is 0 Å². The van der Waals surface area contributed by atoms with Gasteiger partial charge < -0.3 is 5.11 Å². The molecule has 0 bridgehead atoms. The topological polar surface area (TPSA) is 50.4 Å². The second-order valence-corrected chi connectivity index (χ2v) is 7.27. The summed E-state index contributed by atoms with van der Waals surface area (Å²) in [5.41, 5.74) is 1.83. The lowest BCUT2D eigenvalue weighted by atomic mass is 10.3. The molecule has 0 atom stereocenters. The fourth-order valence-electron chi connectivity index (χ4n) is 2.02. The van der Waals surface area contributed by atoms with Gasteiger partial charge in [0.1, 0.15) is 5.03 Å². The maximum absolute atomic E-state index is 9.55. The standard InChI is InChI=1S/C13H9N3OS3/c17-7-9-11(15-12-16(9)5-6-18-12)20-13-14-8-3-1-2-4-10(8)19-13/h1-6,17H,7H2. The van der Waals surface area contributed by atoms with Gasteiger partial charge in [0.05, 0.1) is 22.5 Å². The minimum absolute atomic E-state index is 0.0227. The van der Waals surface area contributed by atoms with E-state index < -0.39 is 0 Å². The summed E-state index contributed by atoms with van der Waals surface area (Å²) < 4.78 is 4.05. The molecule has 0 fully saturated rings. The van der Waals surface area contributed by atoms with Crippen LogP contribution in [0.2, 0.25) is 0 Å². The van der Waals surface area contributed by atoms with Gasteiger partial charge in [-0.05, 0) is 23.9 Å². The molecule has 4 nitrogen and oxygen atoms in total. The Morgan fingerprint density at radius 2 is 2.15 bits per heavy atom. The van der Waals surface area contributed by atoms with Crippen LogP contribution in [0.25, 0.3) is 15.2 Å². The van der Waals surface area contributed by atoms with Crippen molar-refractivity contribution in [1.82, 2.24) is 14.4 Å². The van der Waals surface area contributed by atoms with Gasteiger partial charge in [0, 0.05) is 11.6 Å². The molecule has 0 radical (unpaired) electrons. The van der Waals surface area contributed by atoms with Gasteiger partial charge in [0.15, 0.2) is 9.30 Å². The lowest BCUT2D eigenvalue weighted by Gasteiger charge is -1.97. The Morgan fingerprint density at radius 1 is 1.25 bits per heavy atom. The third-order valence-corrected chi connectivity index (χ3v) is 5.81. The lowest BCUT2D eigenvalue weighted by molar-refractivity contribution is 0.272. The van der Waals surface area contributed by atoms with E-state index in [-0.39, 0.29) is 6.61 Å². The van der Waals surface area contributed by atoms with Gasteiger partial charge >= 0.3 is 0 Å². The number of para-hydroxylation sites is 1. The van der Waals surface area contributed by atoms with Gasteiger partial charge in [-0.25, -0.2) is 9.97 Å². The Hall–Kier alpha value is -1.41. The Kier molecular flexibility index (Phi) is 2.99. The van der Waals surface area contributed by atoms with Crippen LogP contribution in [0.3, 0.4) is 0 Å². The Labute approximate surface area is 126 Å². The molecule has 20 heavy (non-hydrogen) atoms. The molecule has 1 aromatic carbocycles. The number of aliphatic hydroxyl groups is 1. The molecule has 4 aromatic rings. The van der Waals surface area contributed by atoms with E-state index in [1.54, 1.807) is 22.7 Å². The molecular formula is C13H9N3OS3. The molecule has 0 saturated heterocycles. The van der Waals surface area contributed by atoms with Crippen molar-refractivity contribution in [1.29, 1.82) is 0 Å². The number of thiazole rings is 2. The highest BCUT2D eigenvalue weighted by Gasteiger charge is 2.15. The van der Waals surface area contributed by atoms with Gasteiger partial charge in [-0.3, -0.25) is 4.40 Å². The number of rotatable bonds is 3.